The molecule has 0 fully saturated rings. The van der Waals surface area contributed by atoms with Crippen molar-refractivity contribution in [3.8, 4) is 6.07 Å². The molecule has 0 heterocycles. The third kappa shape index (κ3) is 3.23. The van der Waals surface area contributed by atoms with Crippen molar-refractivity contribution in [3.05, 3.63) is 29.1 Å². The zero-order valence-corrected chi connectivity index (χ0v) is 9.97. The molecular formula is C13H17FN2. The summed E-state index contributed by atoms with van der Waals surface area (Å²) in [5.74, 6) is 0.280. The Hall–Kier alpha value is -1.56. The van der Waals surface area contributed by atoms with Crippen molar-refractivity contribution in [1.82, 2.24) is 0 Å². The van der Waals surface area contributed by atoms with Gasteiger partial charge < -0.3 is 5.32 Å². The first kappa shape index (κ1) is 12.5. The van der Waals surface area contributed by atoms with Gasteiger partial charge in [-0.1, -0.05) is 13.8 Å². The molecule has 86 valence electrons. The van der Waals surface area contributed by atoms with Crippen LogP contribution in [0.4, 0.5) is 10.1 Å². The maximum Gasteiger partial charge on any atom is 0.129 e. The van der Waals surface area contributed by atoms with Gasteiger partial charge in [0, 0.05) is 17.8 Å². The summed E-state index contributed by atoms with van der Waals surface area (Å²) in [6.45, 7) is 6.79. The lowest BCUT2D eigenvalue weighted by Gasteiger charge is -2.11. The van der Waals surface area contributed by atoms with Crippen LogP contribution in [-0.4, -0.2) is 6.54 Å². The lowest BCUT2D eigenvalue weighted by molar-refractivity contribution is 0.604. The number of rotatable bonds is 4. The molecule has 16 heavy (non-hydrogen) atoms. The predicted molar refractivity (Wildman–Crippen MR) is 63.8 cm³/mol. The molecule has 1 rings (SSSR count). The molecule has 0 spiro atoms. The second-order valence-electron chi connectivity index (χ2n) is 4.35. The third-order valence-electron chi connectivity index (χ3n) is 2.51. The Labute approximate surface area is 96.1 Å². The minimum Gasteiger partial charge on any atom is -0.385 e. The SMILES string of the molecule is Cc1c(F)cc(C#N)cc1NCCC(C)C. The number of benzene rings is 1. The van der Waals surface area contributed by atoms with Crippen LogP contribution in [0.3, 0.4) is 0 Å². The van der Waals surface area contributed by atoms with Gasteiger partial charge in [0.25, 0.3) is 0 Å². The summed E-state index contributed by atoms with van der Waals surface area (Å²) in [7, 11) is 0. The molecule has 0 unspecified atom stereocenters. The van der Waals surface area contributed by atoms with Crippen LogP contribution in [0.25, 0.3) is 0 Å². The van der Waals surface area contributed by atoms with Crippen LogP contribution in [0, 0.1) is 30.0 Å². The van der Waals surface area contributed by atoms with E-state index >= 15 is 0 Å². The molecule has 0 saturated heterocycles. The number of nitriles is 1. The average molecular weight is 220 g/mol. The van der Waals surface area contributed by atoms with E-state index in [0.29, 0.717) is 17.0 Å². The van der Waals surface area contributed by atoms with E-state index in [1.54, 1.807) is 13.0 Å². The fourth-order valence-corrected chi connectivity index (χ4v) is 1.42. The molecule has 0 atom stereocenters. The number of hydrogen-bond donors (Lipinski definition) is 1. The van der Waals surface area contributed by atoms with Crippen molar-refractivity contribution in [2.75, 3.05) is 11.9 Å². The van der Waals surface area contributed by atoms with Gasteiger partial charge in [-0.2, -0.15) is 5.26 Å². The summed E-state index contributed by atoms with van der Waals surface area (Å²) in [6, 6.07) is 4.91. The highest BCUT2D eigenvalue weighted by Gasteiger charge is 2.06. The standard InChI is InChI=1S/C13H17FN2/c1-9(2)4-5-16-13-7-11(8-15)6-12(14)10(13)3/h6-7,9,16H,4-5H2,1-3H3. The van der Waals surface area contributed by atoms with E-state index < -0.39 is 0 Å². The van der Waals surface area contributed by atoms with E-state index in [0.717, 1.165) is 18.7 Å². The lowest BCUT2D eigenvalue weighted by Crippen LogP contribution is -2.07. The number of nitrogens with zero attached hydrogens (tertiary/aromatic N) is 1. The largest absolute Gasteiger partial charge is 0.385 e. The topological polar surface area (TPSA) is 35.8 Å². The minimum atomic E-state index is -0.328. The van der Waals surface area contributed by atoms with E-state index in [1.165, 1.54) is 6.07 Å². The van der Waals surface area contributed by atoms with Crippen LogP contribution in [0.15, 0.2) is 12.1 Å². The Morgan fingerprint density at radius 3 is 2.69 bits per heavy atom. The molecule has 0 aliphatic carbocycles. The van der Waals surface area contributed by atoms with Gasteiger partial charge in [0.1, 0.15) is 5.82 Å². The van der Waals surface area contributed by atoms with Gasteiger partial charge in [-0.3, -0.25) is 0 Å². The molecule has 1 aromatic rings. The smallest absolute Gasteiger partial charge is 0.129 e. The van der Waals surface area contributed by atoms with Crippen LogP contribution in [-0.2, 0) is 0 Å². The van der Waals surface area contributed by atoms with E-state index in [2.05, 4.69) is 19.2 Å². The van der Waals surface area contributed by atoms with Gasteiger partial charge in [0.05, 0.1) is 11.6 Å². The Balaban J connectivity index is 2.79. The number of halogens is 1. The number of hydrogen-bond acceptors (Lipinski definition) is 2. The van der Waals surface area contributed by atoms with Gasteiger partial charge in [0.2, 0.25) is 0 Å². The van der Waals surface area contributed by atoms with E-state index in [4.69, 9.17) is 5.26 Å². The maximum atomic E-state index is 13.4. The Morgan fingerprint density at radius 1 is 1.44 bits per heavy atom. The molecule has 2 nitrogen and oxygen atoms in total. The molecule has 0 bridgehead atoms. The highest BCUT2D eigenvalue weighted by atomic mass is 19.1. The van der Waals surface area contributed by atoms with Crippen LogP contribution >= 0.6 is 0 Å². The lowest BCUT2D eigenvalue weighted by atomic mass is 10.1. The summed E-state index contributed by atoms with van der Waals surface area (Å²) in [6.07, 6.45) is 1.03. The van der Waals surface area contributed by atoms with Crippen molar-refractivity contribution in [2.24, 2.45) is 5.92 Å². The molecule has 0 aromatic heterocycles. The fraction of sp³-hybridized carbons (Fsp3) is 0.462. The van der Waals surface area contributed by atoms with Crippen molar-refractivity contribution in [2.45, 2.75) is 27.2 Å². The molecule has 0 radical (unpaired) electrons. The van der Waals surface area contributed by atoms with Crippen LogP contribution in [0.2, 0.25) is 0 Å². The molecule has 0 saturated carbocycles. The number of nitrogens with one attached hydrogen (secondary N) is 1. The van der Waals surface area contributed by atoms with Crippen LogP contribution in [0.1, 0.15) is 31.4 Å². The first-order chi connectivity index (χ1) is 7.54. The normalized spacial score (nSPS) is 10.2. The van der Waals surface area contributed by atoms with E-state index in [-0.39, 0.29) is 5.82 Å². The quantitative estimate of drug-likeness (QED) is 0.843. The van der Waals surface area contributed by atoms with Crippen molar-refractivity contribution in [1.29, 1.82) is 5.26 Å². The van der Waals surface area contributed by atoms with Crippen LogP contribution < -0.4 is 5.32 Å². The zero-order valence-electron chi connectivity index (χ0n) is 9.97. The van der Waals surface area contributed by atoms with E-state index in [9.17, 15) is 4.39 Å². The Bertz CT molecular complexity index is 405. The highest BCUT2D eigenvalue weighted by molar-refractivity contribution is 5.55. The predicted octanol–water partition coefficient (Wildman–Crippen LogP) is 3.46. The Kier molecular flexibility index (Phi) is 4.30. The molecule has 0 amide bonds. The van der Waals surface area contributed by atoms with Gasteiger partial charge in [-0.05, 0) is 31.4 Å². The third-order valence-corrected chi connectivity index (χ3v) is 2.51. The summed E-state index contributed by atoms with van der Waals surface area (Å²) in [5, 5.41) is 11.9. The second-order valence-corrected chi connectivity index (χ2v) is 4.35. The van der Waals surface area contributed by atoms with Gasteiger partial charge in [-0.15, -0.1) is 0 Å². The van der Waals surface area contributed by atoms with Crippen molar-refractivity contribution >= 4 is 5.69 Å². The molecule has 3 heteroatoms. The van der Waals surface area contributed by atoms with E-state index in [1.807, 2.05) is 6.07 Å². The first-order valence-electron chi connectivity index (χ1n) is 5.48. The monoisotopic (exact) mass is 220 g/mol. The van der Waals surface area contributed by atoms with Gasteiger partial charge in [-0.25, -0.2) is 4.39 Å². The fourth-order valence-electron chi connectivity index (χ4n) is 1.42. The summed E-state index contributed by atoms with van der Waals surface area (Å²) in [4.78, 5) is 0. The average Bonchev–Trinajstić information content (AvgIpc) is 2.23. The molecule has 0 aliphatic rings. The number of anilines is 1. The first-order valence-corrected chi connectivity index (χ1v) is 5.48. The van der Waals surface area contributed by atoms with Gasteiger partial charge in [0.15, 0.2) is 0 Å². The van der Waals surface area contributed by atoms with Gasteiger partial charge >= 0.3 is 0 Å². The molecule has 1 aromatic carbocycles. The summed E-state index contributed by atoms with van der Waals surface area (Å²) in [5.41, 5.74) is 1.65. The van der Waals surface area contributed by atoms with Crippen molar-refractivity contribution < 1.29 is 4.39 Å². The molecular weight excluding hydrogens is 203 g/mol. The second kappa shape index (κ2) is 5.50. The van der Waals surface area contributed by atoms with Crippen molar-refractivity contribution in [3.63, 3.8) is 0 Å². The minimum absolute atomic E-state index is 0.328. The zero-order chi connectivity index (χ0) is 12.1. The Morgan fingerprint density at radius 2 is 2.12 bits per heavy atom. The summed E-state index contributed by atoms with van der Waals surface area (Å²) < 4.78 is 13.4. The highest BCUT2D eigenvalue weighted by Crippen LogP contribution is 2.20. The molecule has 1 N–H and O–H groups in total. The molecule has 0 aliphatic heterocycles. The summed E-state index contributed by atoms with van der Waals surface area (Å²) >= 11 is 0. The van der Waals surface area contributed by atoms with Crippen LogP contribution in [0.5, 0.6) is 0 Å². The maximum absolute atomic E-state index is 13.4.